The van der Waals surface area contributed by atoms with E-state index in [1.54, 1.807) is 24.9 Å². The van der Waals surface area contributed by atoms with Crippen LogP contribution in [0.3, 0.4) is 0 Å². The van der Waals surface area contributed by atoms with Crippen LogP contribution in [0.25, 0.3) is 33.8 Å². The van der Waals surface area contributed by atoms with Gasteiger partial charge < -0.3 is 4.42 Å². The largest absolute Gasteiger partial charge is 0.472 e. The van der Waals surface area contributed by atoms with Crippen molar-refractivity contribution in [3.63, 3.8) is 0 Å². The molecule has 0 spiro atoms. The number of hydrogen-bond acceptors (Lipinski definition) is 4. The lowest BCUT2D eigenvalue weighted by atomic mass is 10.0. The van der Waals surface area contributed by atoms with Crippen LogP contribution in [0.1, 0.15) is 0 Å². The first-order chi connectivity index (χ1) is 11.4. The Hall–Kier alpha value is -3.27. The molecular weight excluding hydrogens is 286 g/mol. The fraction of sp³-hybridized carbons (Fsp3) is 0. The molecule has 4 aromatic rings. The number of nitrogens with zero attached hydrogens (tertiary/aromatic N) is 3. The quantitative estimate of drug-likeness (QED) is 0.560. The van der Waals surface area contributed by atoms with Crippen molar-refractivity contribution in [2.75, 3.05) is 0 Å². The Morgan fingerprint density at radius 3 is 2.43 bits per heavy atom. The second-order valence-corrected chi connectivity index (χ2v) is 5.10. The van der Waals surface area contributed by atoms with Gasteiger partial charge in [0.1, 0.15) is 0 Å². The Bertz CT molecular complexity index is 846. The van der Waals surface area contributed by atoms with Gasteiger partial charge in [0.15, 0.2) is 0 Å². The van der Waals surface area contributed by atoms with Crippen molar-refractivity contribution >= 4 is 0 Å². The van der Waals surface area contributed by atoms with Gasteiger partial charge in [0, 0.05) is 29.7 Å². The predicted molar refractivity (Wildman–Crippen MR) is 88.4 cm³/mol. The minimum Gasteiger partial charge on any atom is -0.472 e. The number of furan rings is 1. The third-order valence-corrected chi connectivity index (χ3v) is 3.56. The van der Waals surface area contributed by atoms with Gasteiger partial charge >= 0.3 is 0 Å². The summed E-state index contributed by atoms with van der Waals surface area (Å²) in [6.45, 7) is 0. The van der Waals surface area contributed by atoms with Gasteiger partial charge in [-0.05, 0) is 48.0 Å². The van der Waals surface area contributed by atoms with Gasteiger partial charge in [0.25, 0.3) is 0 Å². The van der Waals surface area contributed by atoms with Crippen LogP contribution in [0, 0.1) is 0 Å². The lowest BCUT2D eigenvalue weighted by molar-refractivity contribution is 0.568. The molecule has 4 heteroatoms. The lowest BCUT2D eigenvalue weighted by Gasteiger charge is -2.08. The highest BCUT2D eigenvalue weighted by Gasteiger charge is 2.10. The van der Waals surface area contributed by atoms with Gasteiger partial charge in [-0.15, -0.1) is 0 Å². The Balaban J connectivity index is 1.91. The summed E-state index contributed by atoms with van der Waals surface area (Å²) >= 11 is 0. The molecule has 0 aliphatic heterocycles. The molecule has 0 N–H and O–H groups in total. The number of pyridine rings is 3. The number of hydrogen-bond donors (Lipinski definition) is 0. The van der Waals surface area contributed by atoms with Crippen molar-refractivity contribution in [3.8, 4) is 33.8 Å². The summed E-state index contributed by atoms with van der Waals surface area (Å²) in [5, 5.41) is 0. The topological polar surface area (TPSA) is 51.8 Å². The molecule has 0 bridgehead atoms. The van der Waals surface area contributed by atoms with Crippen LogP contribution in [0.5, 0.6) is 0 Å². The van der Waals surface area contributed by atoms with Gasteiger partial charge in [-0.2, -0.15) is 0 Å². The average Bonchev–Trinajstić information content (AvgIpc) is 3.18. The standard InChI is InChI=1S/C19H13N3O/c1-2-8-21-17(5-1)19-11-16(15-6-9-23-13-15)10-18(22-19)14-4-3-7-20-12-14/h1-13H. The summed E-state index contributed by atoms with van der Waals surface area (Å²) in [6.07, 6.45) is 8.72. The molecule has 0 aliphatic carbocycles. The molecule has 0 aromatic carbocycles. The van der Waals surface area contributed by atoms with Crippen LogP contribution in [0.2, 0.25) is 0 Å². The van der Waals surface area contributed by atoms with E-state index in [-0.39, 0.29) is 0 Å². The molecule has 0 unspecified atom stereocenters. The summed E-state index contributed by atoms with van der Waals surface area (Å²) < 4.78 is 5.21. The monoisotopic (exact) mass is 299 g/mol. The van der Waals surface area contributed by atoms with E-state index in [4.69, 9.17) is 9.40 Å². The summed E-state index contributed by atoms with van der Waals surface area (Å²) in [4.78, 5) is 13.3. The summed E-state index contributed by atoms with van der Waals surface area (Å²) in [6, 6.07) is 15.7. The normalized spacial score (nSPS) is 10.6. The number of rotatable bonds is 3. The first-order valence-corrected chi connectivity index (χ1v) is 7.26. The molecule has 4 heterocycles. The van der Waals surface area contributed by atoms with E-state index < -0.39 is 0 Å². The van der Waals surface area contributed by atoms with Crippen LogP contribution in [-0.2, 0) is 0 Å². The van der Waals surface area contributed by atoms with Crippen LogP contribution >= 0.6 is 0 Å². The second-order valence-electron chi connectivity index (χ2n) is 5.10. The van der Waals surface area contributed by atoms with Crippen molar-refractivity contribution < 1.29 is 4.42 Å². The molecule has 0 fully saturated rings. The zero-order chi connectivity index (χ0) is 15.5. The highest BCUT2D eigenvalue weighted by molar-refractivity contribution is 5.74. The van der Waals surface area contributed by atoms with Gasteiger partial charge in [0.05, 0.1) is 29.6 Å². The molecule has 4 rings (SSSR count). The first-order valence-electron chi connectivity index (χ1n) is 7.26. The second kappa shape index (κ2) is 5.85. The molecule has 0 saturated heterocycles. The Labute approximate surface area is 133 Å². The third-order valence-electron chi connectivity index (χ3n) is 3.56. The van der Waals surface area contributed by atoms with E-state index in [0.717, 1.165) is 33.8 Å². The fourth-order valence-corrected chi connectivity index (χ4v) is 2.43. The minimum absolute atomic E-state index is 0.822. The van der Waals surface area contributed by atoms with Crippen molar-refractivity contribution in [2.24, 2.45) is 0 Å². The molecule has 4 aromatic heterocycles. The maximum Gasteiger partial charge on any atom is 0.0980 e. The molecule has 4 nitrogen and oxygen atoms in total. The van der Waals surface area contributed by atoms with Crippen LogP contribution in [-0.4, -0.2) is 15.0 Å². The molecule has 0 aliphatic rings. The fourth-order valence-electron chi connectivity index (χ4n) is 2.43. The third kappa shape index (κ3) is 2.74. The van der Waals surface area contributed by atoms with E-state index >= 15 is 0 Å². The van der Waals surface area contributed by atoms with Gasteiger partial charge in [-0.25, -0.2) is 4.98 Å². The first kappa shape index (κ1) is 13.4. The lowest BCUT2D eigenvalue weighted by Crippen LogP contribution is -1.92. The highest BCUT2D eigenvalue weighted by atomic mass is 16.3. The zero-order valence-electron chi connectivity index (χ0n) is 12.3. The maximum absolute atomic E-state index is 5.21. The Morgan fingerprint density at radius 1 is 0.739 bits per heavy atom. The van der Waals surface area contributed by atoms with Crippen LogP contribution in [0.4, 0.5) is 0 Å². The van der Waals surface area contributed by atoms with Crippen LogP contribution in [0.15, 0.2) is 84.1 Å². The average molecular weight is 299 g/mol. The van der Waals surface area contributed by atoms with Crippen molar-refractivity contribution in [3.05, 3.63) is 79.6 Å². The van der Waals surface area contributed by atoms with E-state index in [1.165, 1.54) is 0 Å². The SMILES string of the molecule is c1ccc(-c2cc(-c3ccoc3)cc(-c3cccnc3)n2)nc1. The van der Waals surface area contributed by atoms with E-state index in [1.807, 2.05) is 54.7 Å². The van der Waals surface area contributed by atoms with Crippen LogP contribution < -0.4 is 0 Å². The van der Waals surface area contributed by atoms with Crippen molar-refractivity contribution in [1.82, 2.24) is 15.0 Å². The summed E-state index contributed by atoms with van der Waals surface area (Å²) in [7, 11) is 0. The molecule has 0 atom stereocenters. The molecule has 0 radical (unpaired) electrons. The smallest absolute Gasteiger partial charge is 0.0980 e. The minimum atomic E-state index is 0.822. The van der Waals surface area contributed by atoms with E-state index in [9.17, 15) is 0 Å². The summed E-state index contributed by atoms with van der Waals surface area (Å²) in [5.74, 6) is 0. The summed E-state index contributed by atoms with van der Waals surface area (Å²) in [5.41, 5.74) is 5.53. The Morgan fingerprint density at radius 2 is 1.70 bits per heavy atom. The highest BCUT2D eigenvalue weighted by Crippen LogP contribution is 2.29. The molecule has 0 saturated carbocycles. The number of aromatic nitrogens is 3. The molecular formula is C19H13N3O. The predicted octanol–water partition coefficient (Wildman–Crippen LogP) is 4.47. The molecule has 0 amide bonds. The maximum atomic E-state index is 5.21. The zero-order valence-corrected chi connectivity index (χ0v) is 12.3. The molecule has 23 heavy (non-hydrogen) atoms. The van der Waals surface area contributed by atoms with Gasteiger partial charge in [0.2, 0.25) is 0 Å². The van der Waals surface area contributed by atoms with E-state index in [2.05, 4.69) is 9.97 Å². The van der Waals surface area contributed by atoms with Crippen molar-refractivity contribution in [1.29, 1.82) is 0 Å². The van der Waals surface area contributed by atoms with Crippen molar-refractivity contribution in [2.45, 2.75) is 0 Å². The van der Waals surface area contributed by atoms with E-state index in [0.29, 0.717) is 0 Å². The van der Waals surface area contributed by atoms with Gasteiger partial charge in [-0.3, -0.25) is 9.97 Å². The van der Waals surface area contributed by atoms with Gasteiger partial charge in [-0.1, -0.05) is 6.07 Å². The Kier molecular flexibility index (Phi) is 3.41. The molecule has 110 valence electrons.